The number of aryl methyl sites for hydroxylation is 1. The number of benzene rings is 2. The highest BCUT2D eigenvalue weighted by Crippen LogP contribution is 2.27. The lowest BCUT2D eigenvalue weighted by Gasteiger charge is -2.23. The Hall–Kier alpha value is -2.82. The molecule has 0 saturated heterocycles. The van der Waals surface area contributed by atoms with Gasteiger partial charge in [0.2, 0.25) is 0 Å². The minimum Gasteiger partial charge on any atom is -0.303 e. The van der Waals surface area contributed by atoms with Crippen LogP contribution in [0.5, 0.6) is 0 Å². The van der Waals surface area contributed by atoms with Crippen molar-refractivity contribution in [2.45, 2.75) is 13.5 Å². The Labute approximate surface area is 173 Å². The van der Waals surface area contributed by atoms with E-state index < -0.39 is 0 Å². The third-order valence-electron chi connectivity index (χ3n) is 4.52. The van der Waals surface area contributed by atoms with Gasteiger partial charge in [0.15, 0.2) is 5.65 Å². The number of imidazole rings is 1. The van der Waals surface area contributed by atoms with E-state index in [-0.39, 0.29) is 5.91 Å². The summed E-state index contributed by atoms with van der Waals surface area (Å²) in [5, 5.41) is 0.849. The van der Waals surface area contributed by atoms with E-state index >= 15 is 0 Å². The average molecular weight is 410 g/mol. The number of fused-ring (bicyclic) bond motifs is 1. The zero-order valence-corrected chi connectivity index (χ0v) is 16.7. The van der Waals surface area contributed by atoms with Gasteiger partial charge < -0.3 is 4.90 Å². The highest BCUT2D eigenvalue weighted by Gasteiger charge is 2.25. The first-order valence-electron chi connectivity index (χ1n) is 8.79. The summed E-state index contributed by atoms with van der Waals surface area (Å²) in [7, 11) is 0. The Balaban J connectivity index is 1.84. The molecule has 28 heavy (non-hydrogen) atoms. The van der Waals surface area contributed by atoms with E-state index in [0.29, 0.717) is 33.6 Å². The van der Waals surface area contributed by atoms with Gasteiger partial charge in [0.25, 0.3) is 5.91 Å². The van der Waals surface area contributed by atoms with Gasteiger partial charge in [-0.05, 0) is 30.7 Å². The largest absolute Gasteiger partial charge is 0.303 e. The summed E-state index contributed by atoms with van der Waals surface area (Å²) in [4.78, 5) is 19.9. The van der Waals surface area contributed by atoms with Gasteiger partial charge in [-0.25, -0.2) is 4.98 Å². The van der Waals surface area contributed by atoms with Gasteiger partial charge in [-0.15, -0.1) is 0 Å². The van der Waals surface area contributed by atoms with Crippen molar-refractivity contribution in [2.75, 3.05) is 4.90 Å². The van der Waals surface area contributed by atoms with Crippen molar-refractivity contribution in [3.8, 4) is 0 Å². The fraction of sp³-hybridized carbons (Fsp3) is 0.0909. The molecule has 0 fully saturated rings. The van der Waals surface area contributed by atoms with Crippen molar-refractivity contribution in [3.63, 3.8) is 0 Å². The number of anilines is 1. The van der Waals surface area contributed by atoms with Crippen LogP contribution in [0.4, 0.5) is 5.69 Å². The first kappa shape index (κ1) is 18.5. The molecule has 4 rings (SSSR count). The molecule has 0 spiro atoms. The summed E-state index contributed by atoms with van der Waals surface area (Å²) in [6.07, 6.45) is 1.67. The molecular formula is C22H17Cl2N3O. The van der Waals surface area contributed by atoms with Crippen LogP contribution in [0.2, 0.25) is 10.0 Å². The first-order chi connectivity index (χ1) is 13.5. The van der Waals surface area contributed by atoms with Crippen LogP contribution >= 0.6 is 23.2 Å². The molecule has 0 aliphatic rings. The second kappa shape index (κ2) is 7.66. The fourth-order valence-electron chi connectivity index (χ4n) is 3.23. The Kier molecular flexibility index (Phi) is 5.07. The third-order valence-corrected chi connectivity index (χ3v) is 5.00. The molecule has 0 saturated carbocycles. The van der Waals surface area contributed by atoms with Crippen molar-refractivity contribution in [2.24, 2.45) is 0 Å². The standard InChI is InChI=1S/C22H17Cl2N3O/c1-15-20(27-14-17(23)12-19(24)21(27)25-15)22(28)26(18-10-6-3-7-11-18)13-16-8-4-2-5-9-16/h2-12,14H,13H2,1H3. The zero-order valence-electron chi connectivity index (χ0n) is 15.1. The van der Waals surface area contributed by atoms with Crippen LogP contribution in [0, 0.1) is 6.92 Å². The van der Waals surface area contributed by atoms with Crippen molar-refractivity contribution in [1.29, 1.82) is 0 Å². The molecule has 2 aromatic heterocycles. The first-order valence-corrected chi connectivity index (χ1v) is 9.55. The fourth-order valence-corrected chi connectivity index (χ4v) is 3.74. The topological polar surface area (TPSA) is 37.6 Å². The number of hydrogen-bond donors (Lipinski definition) is 0. The van der Waals surface area contributed by atoms with E-state index in [2.05, 4.69) is 4.98 Å². The van der Waals surface area contributed by atoms with E-state index in [9.17, 15) is 4.79 Å². The molecule has 6 heteroatoms. The summed E-state index contributed by atoms with van der Waals surface area (Å²) in [6, 6.07) is 21.1. The molecule has 140 valence electrons. The van der Waals surface area contributed by atoms with Crippen molar-refractivity contribution < 1.29 is 4.79 Å². The van der Waals surface area contributed by atoms with Crippen molar-refractivity contribution in [1.82, 2.24) is 9.38 Å². The van der Waals surface area contributed by atoms with Gasteiger partial charge in [-0.2, -0.15) is 0 Å². The molecule has 0 bridgehead atoms. The minimum absolute atomic E-state index is 0.168. The van der Waals surface area contributed by atoms with Crippen LogP contribution in [0.25, 0.3) is 5.65 Å². The SMILES string of the molecule is Cc1nc2c(Cl)cc(Cl)cn2c1C(=O)N(Cc1ccccc1)c1ccccc1. The van der Waals surface area contributed by atoms with E-state index in [4.69, 9.17) is 23.2 Å². The molecule has 2 heterocycles. The summed E-state index contributed by atoms with van der Waals surface area (Å²) in [5.74, 6) is -0.168. The van der Waals surface area contributed by atoms with Crippen LogP contribution in [0.3, 0.4) is 0 Å². The lowest BCUT2D eigenvalue weighted by atomic mass is 10.1. The maximum atomic E-state index is 13.6. The zero-order chi connectivity index (χ0) is 19.7. The van der Waals surface area contributed by atoms with Crippen LogP contribution in [-0.2, 0) is 6.54 Å². The van der Waals surface area contributed by atoms with Crippen LogP contribution in [-0.4, -0.2) is 15.3 Å². The molecule has 4 nitrogen and oxygen atoms in total. The predicted octanol–water partition coefficient (Wildman–Crippen LogP) is 5.80. The molecular weight excluding hydrogens is 393 g/mol. The number of pyridine rings is 1. The summed E-state index contributed by atoms with van der Waals surface area (Å²) >= 11 is 12.5. The molecule has 0 aliphatic heterocycles. The number of rotatable bonds is 4. The number of carbonyl (C=O) groups excluding carboxylic acids is 1. The Morgan fingerprint density at radius 3 is 2.36 bits per heavy atom. The average Bonchev–Trinajstić information content (AvgIpc) is 3.03. The van der Waals surface area contributed by atoms with E-state index in [1.165, 1.54) is 0 Å². The molecule has 0 N–H and O–H groups in total. The highest BCUT2D eigenvalue weighted by atomic mass is 35.5. The number of nitrogens with zero attached hydrogens (tertiary/aromatic N) is 3. The summed E-state index contributed by atoms with van der Waals surface area (Å²) in [6.45, 7) is 2.24. The quantitative estimate of drug-likeness (QED) is 0.427. The molecule has 0 radical (unpaired) electrons. The van der Waals surface area contributed by atoms with Crippen molar-refractivity contribution >= 4 is 40.4 Å². The molecule has 1 amide bonds. The summed E-state index contributed by atoms with van der Waals surface area (Å²) in [5.41, 5.74) is 3.39. The Morgan fingerprint density at radius 2 is 1.68 bits per heavy atom. The van der Waals surface area contributed by atoms with E-state index in [0.717, 1.165) is 11.3 Å². The molecule has 4 aromatic rings. The number of carbonyl (C=O) groups is 1. The smallest absolute Gasteiger partial charge is 0.277 e. The Bertz CT molecular complexity index is 1140. The van der Waals surface area contributed by atoms with Gasteiger partial charge in [-0.1, -0.05) is 71.7 Å². The van der Waals surface area contributed by atoms with Crippen LogP contribution in [0.1, 0.15) is 21.7 Å². The molecule has 0 atom stereocenters. The van der Waals surface area contributed by atoms with E-state index in [1.807, 2.05) is 60.7 Å². The van der Waals surface area contributed by atoms with Crippen LogP contribution in [0.15, 0.2) is 72.9 Å². The Morgan fingerprint density at radius 1 is 1.04 bits per heavy atom. The minimum atomic E-state index is -0.168. The molecule has 0 aliphatic carbocycles. The number of halogens is 2. The third kappa shape index (κ3) is 3.49. The number of hydrogen-bond acceptors (Lipinski definition) is 2. The van der Waals surface area contributed by atoms with Gasteiger partial charge >= 0.3 is 0 Å². The lowest BCUT2D eigenvalue weighted by molar-refractivity contribution is 0.0979. The predicted molar refractivity (Wildman–Crippen MR) is 113 cm³/mol. The number of aromatic nitrogens is 2. The monoisotopic (exact) mass is 409 g/mol. The highest BCUT2D eigenvalue weighted by molar-refractivity contribution is 6.36. The summed E-state index contributed by atoms with van der Waals surface area (Å²) < 4.78 is 1.67. The molecule has 2 aromatic carbocycles. The number of para-hydroxylation sites is 1. The maximum absolute atomic E-state index is 13.6. The second-order valence-electron chi connectivity index (χ2n) is 6.46. The van der Waals surface area contributed by atoms with E-state index in [1.54, 1.807) is 28.5 Å². The number of amides is 1. The lowest BCUT2D eigenvalue weighted by Crippen LogP contribution is -2.31. The van der Waals surface area contributed by atoms with Crippen molar-refractivity contribution in [3.05, 3.63) is 99.9 Å². The second-order valence-corrected chi connectivity index (χ2v) is 7.30. The van der Waals surface area contributed by atoms with Crippen LogP contribution < -0.4 is 4.90 Å². The van der Waals surface area contributed by atoms with Gasteiger partial charge in [0.05, 0.1) is 22.3 Å². The molecule has 0 unspecified atom stereocenters. The van der Waals surface area contributed by atoms with Gasteiger partial charge in [0, 0.05) is 11.9 Å². The normalized spacial score (nSPS) is 11.0. The maximum Gasteiger partial charge on any atom is 0.277 e. The van der Waals surface area contributed by atoms with Gasteiger partial charge in [0.1, 0.15) is 5.69 Å². The van der Waals surface area contributed by atoms with Gasteiger partial charge in [-0.3, -0.25) is 9.20 Å².